The molecule has 4 nitrogen and oxygen atoms in total. The van der Waals surface area contributed by atoms with E-state index < -0.39 is 9.84 Å². The number of hydrogen-bond acceptors (Lipinski definition) is 4. The summed E-state index contributed by atoms with van der Waals surface area (Å²) in [6.07, 6.45) is 0.700. The van der Waals surface area contributed by atoms with Crippen LogP contribution in [0.2, 0.25) is 0 Å². The Morgan fingerprint density at radius 2 is 1.79 bits per heavy atom. The van der Waals surface area contributed by atoms with Crippen LogP contribution < -0.4 is 5.32 Å². The Kier molecular flexibility index (Phi) is 8.17. The quantitative estimate of drug-likeness (QED) is 0.627. The summed E-state index contributed by atoms with van der Waals surface area (Å²) < 4.78 is 28.9. The zero-order valence-corrected chi connectivity index (χ0v) is 14.1. The van der Waals surface area contributed by atoms with E-state index in [4.69, 9.17) is 4.74 Å². The number of rotatable bonds is 10. The Labute approximate surface area is 119 Å². The van der Waals surface area contributed by atoms with Crippen LogP contribution in [0.3, 0.4) is 0 Å². The van der Waals surface area contributed by atoms with E-state index in [1.165, 1.54) is 0 Å². The van der Waals surface area contributed by atoms with Crippen molar-refractivity contribution < 1.29 is 13.2 Å². The van der Waals surface area contributed by atoms with Gasteiger partial charge in [-0.15, -0.1) is 0 Å². The van der Waals surface area contributed by atoms with E-state index in [9.17, 15) is 8.42 Å². The molecular weight excluding hydrogens is 262 g/mol. The number of sulfone groups is 1. The highest BCUT2D eigenvalue weighted by Crippen LogP contribution is 2.31. The average Bonchev–Trinajstić information content (AvgIpc) is 2.32. The van der Waals surface area contributed by atoms with Crippen molar-refractivity contribution in [3.8, 4) is 0 Å². The van der Waals surface area contributed by atoms with Crippen LogP contribution in [-0.4, -0.2) is 46.2 Å². The zero-order valence-electron chi connectivity index (χ0n) is 13.3. The van der Waals surface area contributed by atoms with Gasteiger partial charge in [-0.2, -0.15) is 0 Å². The lowest BCUT2D eigenvalue weighted by Gasteiger charge is -2.34. The van der Waals surface area contributed by atoms with Crippen molar-refractivity contribution in [3.05, 3.63) is 0 Å². The van der Waals surface area contributed by atoms with Crippen LogP contribution in [0.15, 0.2) is 0 Å². The third-order valence-electron chi connectivity index (χ3n) is 4.08. The van der Waals surface area contributed by atoms with Crippen LogP contribution in [0.25, 0.3) is 0 Å². The van der Waals surface area contributed by atoms with Gasteiger partial charge in [0, 0.05) is 20.2 Å². The van der Waals surface area contributed by atoms with E-state index in [2.05, 4.69) is 26.1 Å². The van der Waals surface area contributed by atoms with Gasteiger partial charge in [0.2, 0.25) is 0 Å². The summed E-state index contributed by atoms with van der Waals surface area (Å²) in [6, 6.07) is 0. The largest absolute Gasteiger partial charge is 0.383 e. The lowest BCUT2D eigenvalue weighted by atomic mass is 9.77. The van der Waals surface area contributed by atoms with Crippen molar-refractivity contribution in [1.82, 2.24) is 5.32 Å². The van der Waals surface area contributed by atoms with Gasteiger partial charge >= 0.3 is 0 Å². The summed E-state index contributed by atoms with van der Waals surface area (Å²) >= 11 is 0. The molecule has 0 saturated carbocycles. The fourth-order valence-corrected chi connectivity index (χ4v) is 2.96. The van der Waals surface area contributed by atoms with Crippen molar-refractivity contribution in [2.24, 2.45) is 11.3 Å². The fraction of sp³-hybridized carbons (Fsp3) is 1.00. The standard InChI is InChI=1S/C14H31NO3S/c1-12(2)14(5,11-15-8-9-18-6)7-10-19(16,17)13(3)4/h12-13,15H,7-11H2,1-6H3. The van der Waals surface area contributed by atoms with Crippen LogP contribution in [-0.2, 0) is 14.6 Å². The zero-order chi connectivity index (χ0) is 15.1. The molecule has 0 aliphatic heterocycles. The summed E-state index contributed by atoms with van der Waals surface area (Å²) in [6.45, 7) is 12.3. The molecule has 1 atom stereocenters. The molecule has 0 aromatic heterocycles. The van der Waals surface area contributed by atoms with Gasteiger partial charge in [-0.25, -0.2) is 8.42 Å². The second-order valence-corrected chi connectivity index (χ2v) is 8.82. The number of ether oxygens (including phenoxy) is 1. The first-order valence-electron chi connectivity index (χ1n) is 7.07. The molecule has 0 radical (unpaired) electrons. The molecule has 116 valence electrons. The van der Waals surface area contributed by atoms with Gasteiger partial charge < -0.3 is 10.1 Å². The Hall–Kier alpha value is -0.130. The van der Waals surface area contributed by atoms with Gasteiger partial charge in [-0.1, -0.05) is 20.8 Å². The minimum absolute atomic E-state index is 0.00426. The molecule has 0 aromatic carbocycles. The Bertz CT molecular complexity index is 339. The van der Waals surface area contributed by atoms with Gasteiger partial charge in [0.05, 0.1) is 17.6 Å². The molecule has 0 fully saturated rings. The molecule has 0 saturated heterocycles. The Balaban J connectivity index is 4.47. The van der Waals surface area contributed by atoms with Crippen molar-refractivity contribution in [2.45, 2.75) is 46.3 Å². The SMILES string of the molecule is COCCNCC(C)(CCS(=O)(=O)C(C)C)C(C)C. The summed E-state index contributed by atoms with van der Waals surface area (Å²) in [5.74, 6) is 0.704. The molecule has 0 rings (SSSR count). The topological polar surface area (TPSA) is 55.4 Å². The maximum atomic E-state index is 11.9. The van der Waals surface area contributed by atoms with E-state index in [0.717, 1.165) is 13.1 Å². The van der Waals surface area contributed by atoms with Gasteiger partial charge in [0.1, 0.15) is 0 Å². The van der Waals surface area contributed by atoms with Crippen molar-refractivity contribution in [2.75, 3.05) is 32.6 Å². The molecule has 5 heteroatoms. The van der Waals surface area contributed by atoms with E-state index in [-0.39, 0.29) is 16.4 Å². The highest BCUT2D eigenvalue weighted by molar-refractivity contribution is 7.91. The second kappa shape index (κ2) is 8.22. The van der Waals surface area contributed by atoms with Crippen LogP contribution in [0.4, 0.5) is 0 Å². The molecule has 1 unspecified atom stereocenters. The van der Waals surface area contributed by atoms with Crippen molar-refractivity contribution >= 4 is 9.84 Å². The van der Waals surface area contributed by atoms with E-state index in [1.54, 1.807) is 21.0 Å². The minimum atomic E-state index is -2.95. The van der Waals surface area contributed by atoms with Crippen molar-refractivity contribution in [3.63, 3.8) is 0 Å². The van der Waals surface area contributed by atoms with Crippen LogP contribution >= 0.6 is 0 Å². The Morgan fingerprint density at radius 1 is 1.21 bits per heavy atom. The predicted octanol–water partition coefficient (Wildman–Crippen LogP) is 2.10. The first-order chi connectivity index (χ1) is 8.65. The van der Waals surface area contributed by atoms with Gasteiger partial charge in [-0.05, 0) is 31.6 Å². The summed E-state index contributed by atoms with van der Waals surface area (Å²) in [5.41, 5.74) is -0.00426. The van der Waals surface area contributed by atoms with Gasteiger partial charge in [0.15, 0.2) is 9.84 Å². The molecule has 0 aromatic rings. The molecule has 0 aliphatic rings. The average molecular weight is 293 g/mol. The molecular formula is C14H31NO3S. The molecule has 0 heterocycles. The maximum absolute atomic E-state index is 11.9. The molecule has 0 amide bonds. The second-order valence-electron chi connectivity index (χ2n) is 6.14. The third-order valence-corrected chi connectivity index (χ3v) is 6.29. The van der Waals surface area contributed by atoms with Crippen molar-refractivity contribution in [1.29, 1.82) is 0 Å². The van der Waals surface area contributed by atoms with Crippen LogP contribution in [0.1, 0.15) is 41.0 Å². The number of methoxy groups -OCH3 is 1. The smallest absolute Gasteiger partial charge is 0.152 e. The number of nitrogens with one attached hydrogen (secondary N) is 1. The van der Waals surface area contributed by atoms with E-state index in [1.807, 2.05) is 0 Å². The summed E-state index contributed by atoms with van der Waals surface area (Å²) in [7, 11) is -1.27. The van der Waals surface area contributed by atoms with Gasteiger partial charge in [-0.3, -0.25) is 0 Å². The highest BCUT2D eigenvalue weighted by atomic mass is 32.2. The Morgan fingerprint density at radius 3 is 2.21 bits per heavy atom. The summed E-state index contributed by atoms with van der Waals surface area (Å²) in [4.78, 5) is 0. The third kappa shape index (κ3) is 6.72. The monoisotopic (exact) mass is 293 g/mol. The molecule has 19 heavy (non-hydrogen) atoms. The molecule has 0 bridgehead atoms. The molecule has 0 aliphatic carbocycles. The normalized spacial score (nSPS) is 16.0. The first-order valence-corrected chi connectivity index (χ1v) is 8.78. The molecule has 0 spiro atoms. The lowest BCUT2D eigenvalue weighted by Crippen LogP contribution is -2.39. The summed E-state index contributed by atoms with van der Waals surface area (Å²) in [5, 5.41) is 3.07. The van der Waals surface area contributed by atoms with E-state index >= 15 is 0 Å². The first kappa shape index (κ1) is 18.9. The maximum Gasteiger partial charge on any atom is 0.152 e. The predicted molar refractivity (Wildman–Crippen MR) is 81.2 cm³/mol. The van der Waals surface area contributed by atoms with E-state index in [0.29, 0.717) is 18.9 Å². The van der Waals surface area contributed by atoms with Gasteiger partial charge in [0.25, 0.3) is 0 Å². The van der Waals surface area contributed by atoms with Crippen LogP contribution in [0, 0.1) is 11.3 Å². The number of hydrogen-bond donors (Lipinski definition) is 1. The highest BCUT2D eigenvalue weighted by Gasteiger charge is 2.30. The fourth-order valence-electron chi connectivity index (χ4n) is 1.74. The lowest BCUT2D eigenvalue weighted by molar-refractivity contribution is 0.172. The minimum Gasteiger partial charge on any atom is -0.383 e. The molecule has 1 N–H and O–H groups in total. The van der Waals surface area contributed by atoms with Crippen LogP contribution in [0.5, 0.6) is 0 Å².